The van der Waals surface area contributed by atoms with Gasteiger partial charge in [0, 0.05) is 0 Å². The van der Waals surface area contributed by atoms with Gasteiger partial charge in [0.1, 0.15) is 6.23 Å². The Morgan fingerprint density at radius 1 is 1.40 bits per heavy atom. The van der Waals surface area contributed by atoms with Crippen molar-refractivity contribution in [3.05, 3.63) is 0 Å². The summed E-state index contributed by atoms with van der Waals surface area (Å²) in [5, 5.41) is 0. The molecule has 0 amide bonds. The van der Waals surface area contributed by atoms with E-state index in [9.17, 15) is 0 Å². The van der Waals surface area contributed by atoms with Gasteiger partial charge in [0.05, 0.1) is 0 Å². The topological polar surface area (TPSA) is 38.5 Å². The molecule has 0 radical (unpaired) electrons. The predicted molar refractivity (Wildman–Crippen MR) is 47.5 cm³/mol. The van der Waals surface area contributed by atoms with E-state index in [1.807, 2.05) is 25.9 Å². The fourth-order valence-corrected chi connectivity index (χ4v) is 0.583. The standard InChI is InChI=1S/C5H14N2O.2ClH/c1-4-5(8-6)7(2)3;;/h5H,4,6H2,1-3H3;2*1H. The molecule has 66 valence electrons. The third kappa shape index (κ3) is 6.58. The van der Waals surface area contributed by atoms with Gasteiger partial charge in [0.2, 0.25) is 0 Å². The summed E-state index contributed by atoms with van der Waals surface area (Å²) in [5.74, 6) is 4.94. The van der Waals surface area contributed by atoms with Crippen molar-refractivity contribution in [3.63, 3.8) is 0 Å². The summed E-state index contributed by atoms with van der Waals surface area (Å²) in [4.78, 5) is 6.52. The van der Waals surface area contributed by atoms with Crippen molar-refractivity contribution in [3.8, 4) is 0 Å². The highest BCUT2D eigenvalue weighted by Gasteiger charge is 2.04. The maximum absolute atomic E-state index is 4.94. The fraction of sp³-hybridized carbons (Fsp3) is 1.00. The Kier molecular flexibility index (Phi) is 15.9. The predicted octanol–water partition coefficient (Wildman–Crippen LogP) is 1.02. The molecular formula is C5H16Cl2N2O. The molecule has 1 atom stereocenters. The number of hydrogen-bond acceptors (Lipinski definition) is 3. The van der Waals surface area contributed by atoms with Gasteiger partial charge in [-0.2, -0.15) is 0 Å². The summed E-state index contributed by atoms with van der Waals surface area (Å²) in [7, 11) is 3.86. The highest BCUT2D eigenvalue weighted by molar-refractivity contribution is 5.85. The number of nitrogens with two attached hydrogens (primary N) is 1. The van der Waals surface area contributed by atoms with E-state index in [2.05, 4.69) is 4.84 Å². The first kappa shape index (κ1) is 16.8. The number of halogens is 2. The smallest absolute Gasteiger partial charge is 0.131 e. The Labute approximate surface area is 74.7 Å². The molecule has 0 saturated heterocycles. The molecule has 1 unspecified atom stereocenters. The summed E-state index contributed by atoms with van der Waals surface area (Å²) >= 11 is 0. The van der Waals surface area contributed by atoms with Crippen LogP contribution in [0.2, 0.25) is 0 Å². The van der Waals surface area contributed by atoms with Crippen molar-refractivity contribution >= 4 is 24.8 Å². The highest BCUT2D eigenvalue weighted by Crippen LogP contribution is 1.95. The summed E-state index contributed by atoms with van der Waals surface area (Å²) < 4.78 is 0. The van der Waals surface area contributed by atoms with Crippen LogP contribution >= 0.6 is 24.8 Å². The molecule has 0 aromatic rings. The van der Waals surface area contributed by atoms with Crippen LogP contribution in [0.3, 0.4) is 0 Å². The normalized spacial score (nSPS) is 11.7. The maximum atomic E-state index is 4.94. The van der Waals surface area contributed by atoms with E-state index in [1.165, 1.54) is 0 Å². The summed E-state index contributed by atoms with van der Waals surface area (Å²) in [6.07, 6.45) is 0.985. The van der Waals surface area contributed by atoms with Gasteiger partial charge in [-0.15, -0.1) is 24.8 Å². The lowest BCUT2D eigenvalue weighted by atomic mass is 10.4. The van der Waals surface area contributed by atoms with Crippen LogP contribution in [-0.2, 0) is 4.84 Å². The monoisotopic (exact) mass is 190 g/mol. The maximum Gasteiger partial charge on any atom is 0.131 e. The average Bonchev–Trinajstić information content (AvgIpc) is 1.69. The molecule has 10 heavy (non-hydrogen) atoms. The molecule has 0 aromatic heterocycles. The van der Waals surface area contributed by atoms with Crippen LogP contribution in [0, 0.1) is 0 Å². The van der Waals surface area contributed by atoms with Crippen molar-refractivity contribution in [1.29, 1.82) is 0 Å². The van der Waals surface area contributed by atoms with Gasteiger partial charge >= 0.3 is 0 Å². The van der Waals surface area contributed by atoms with Crippen molar-refractivity contribution in [1.82, 2.24) is 4.90 Å². The Balaban J connectivity index is -0.000000245. The van der Waals surface area contributed by atoms with Gasteiger partial charge in [-0.3, -0.25) is 9.74 Å². The molecule has 2 N–H and O–H groups in total. The summed E-state index contributed by atoms with van der Waals surface area (Å²) in [6.45, 7) is 2.03. The van der Waals surface area contributed by atoms with Crippen LogP contribution in [-0.4, -0.2) is 25.2 Å². The van der Waals surface area contributed by atoms with E-state index in [4.69, 9.17) is 5.90 Å². The first-order valence-corrected chi connectivity index (χ1v) is 2.74. The zero-order valence-corrected chi connectivity index (χ0v) is 8.17. The van der Waals surface area contributed by atoms with Gasteiger partial charge in [0.15, 0.2) is 0 Å². The lowest BCUT2D eigenvalue weighted by Gasteiger charge is -2.19. The zero-order valence-electron chi connectivity index (χ0n) is 6.53. The molecule has 0 heterocycles. The minimum Gasteiger partial charge on any atom is -0.286 e. The lowest BCUT2D eigenvalue weighted by Crippen LogP contribution is -2.32. The molecule has 0 rings (SSSR count). The van der Waals surface area contributed by atoms with E-state index in [-0.39, 0.29) is 31.0 Å². The zero-order chi connectivity index (χ0) is 6.57. The quantitative estimate of drug-likeness (QED) is 0.534. The van der Waals surface area contributed by atoms with E-state index >= 15 is 0 Å². The second-order valence-corrected chi connectivity index (χ2v) is 1.96. The number of rotatable bonds is 3. The van der Waals surface area contributed by atoms with Gasteiger partial charge < -0.3 is 0 Å². The second-order valence-electron chi connectivity index (χ2n) is 1.96. The van der Waals surface area contributed by atoms with Crippen LogP contribution in [0.4, 0.5) is 0 Å². The number of hydrogen-bond donors (Lipinski definition) is 1. The number of nitrogens with zero attached hydrogens (tertiary/aromatic N) is 1. The Morgan fingerprint density at radius 3 is 1.80 bits per heavy atom. The van der Waals surface area contributed by atoms with E-state index < -0.39 is 0 Å². The molecule has 0 aliphatic carbocycles. The van der Waals surface area contributed by atoms with Crippen LogP contribution in [0.1, 0.15) is 13.3 Å². The third-order valence-electron chi connectivity index (χ3n) is 1.08. The molecule has 0 aliphatic heterocycles. The molecule has 0 aliphatic rings. The van der Waals surface area contributed by atoms with Crippen molar-refractivity contribution in [2.24, 2.45) is 5.90 Å². The SMILES string of the molecule is CCC(ON)N(C)C.Cl.Cl. The van der Waals surface area contributed by atoms with Crippen LogP contribution in [0.5, 0.6) is 0 Å². The first-order chi connectivity index (χ1) is 3.72. The molecule has 0 fully saturated rings. The van der Waals surface area contributed by atoms with E-state index in [0.29, 0.717) is 0 Å². The van der Waals surface area contributed by atoms with Gasteiger partial charge in [-0.25, -0.2) is 5.90 Å². The average molecular weight is 191 g/mol. The van der Waals surface area contributed by atoms with Crippen molar-refractivity contribution in [2.45, 2.75) is 19.6 Å². The summed E-state index contributed by atoms with van der Waals surface area (Å²) in [6, 6.07) is 0. The Hall–Kier alpha value is 0.460. The Bertz CT molecular complexity index is 59.6. The fourth-order valence-electron chi connectivity index (χ4n) is 0.583. The molecule has 0 spiro atoms. The van der Waals surface area contributed by atoms with Crippen molar-refractivity contribution in [2.75, 3.05) is 14.1 Å². The highest BCUT2D eigenvalue weighted by atomic mass is 35.5. The van der Waals surface area contributed by atoms with Gasteiger partial charge in [-0.05, 0) is 20.5 Å². The minimum atomic E-state index is 0. The lowest BCUT2D eigenvalue weighted by molar-refractivity contribution is -0.0396. The van der Waals surface area contributed by atoms with E-state index in [0.717, 1.165) is 6.42 Å². The molecule has 0 bridgehead atoms. The van der Waals surface area contributed by atoms with E-state index in [1.54, 1.807) is 0 Å². The van der Waals surface area contributed by atoms with Crippen molar-refractivity contribution < 1.29 is 4.84 Å². The summed E-state index contributed by atoms with van der Waals surface area (Å²) in [5.41, 5.74) is 0. The minimum absolute atomic E-state index is 0. The third-order valence-corrected chi connectivity index (χ3v) is 1.08. The Morgan fingerprint density at radius 2 is 1.80 bits per heavy atom. The van der Waals surface area contributed by atoms with Crippen LogP contribution in [0.15, 0.2) is 0 Å². The molecular weight excluding hydrogens is 175 g/mol. The molecule has 0 saturated carbocycles. The largest absolute Gasteiger partial charge is 0.286 e. The van der Waals surface area contributed by atoms with Crippen LogP contribution in [0.25, 0.3) is 0 Å². The first-order valence-electron chi connectivity index (χ1n) is 2.74. The molecule has 3 nitrogen and oxygen atoms in total. The molecule has 5 heteroatoms. The van der Waals surface area contributed by atoms with Crippen LogP contribution < -0.4 is 5.90 Å². The van der Waals surface area contributed by atoms with Gasteiger partial charge in [0.25, 0.3) is 0 Å². The van der Waals surface area contributed by atoms with Gasteiger partial charge in [-0.1, -0.05) is 6.92 Å². The second kappa shape index (κ2) is 9.46. The molecule has 0 aromatic carbocycles.